The van der Waals surface area contributed by atoms with Crippen molar-refractivity contribution in [3.63, 3.8) is 0 Å². The fourth-order valence-electron chi connectivity index (χ4n) is 2.05. The molecule has 0 radical (unpaired) electrons. The topological polar surface area (TPSA) is 46.2 Å². The number of benzene rings is 2. The van der Waals surface area contributed by atoms with Gasteiger partial charge in [-0.15, -0.1) is 12.4 Å². The molecular weight excluding hydrogens is 364 g/mol. The predicted molar refractivity (Wildman–Crippen MR) is 84.4 cm³/mol. The highest BCUT2D eigenvalue weighted by Crippen LogP contribution is 2.26. The maximum absolute atomic E-state index is 13.8. The number of hydrogen-bond donors (Lipinski definition) is 2. The molecule has 6 heteroatoms. The van der Waals surface area contributed by atoms with Crippen LogP contribution in [0.2, 0.25) is 0 Å². The van der Waals surface area contributed by atoms with E-state index in [4.69, 9.17) is 5.73 Å². The second kappa shape index (κ2) is 7.84. The molecule has 0 spiro atoms. The number of rotatable bonds is 4. The molecule has 114 valence electrons. The molecule has 0 aliphatic rings. The van der Waals surface area contributed by atoms with Crippen molar-refractivity contribution in [2.45, 2.75) is 18.6 Å². The van der Waals surface area contributed by atoms with Gasteiger partial charge in [-0.05, 0) is 17.7 Å². The van der Waals surface area contributed by atoms with Crippen LogP contribution in [0.5, 0.6) is 0 Å². The summed E-state index contributed by atoms with van der Waals surface area (Å²) in [6.07, 6.45) is -0.834. The lowest BCUT2D eigenvalue weighted by atomic mass is 9.96. The molecule has 0 aromatic heterocycles. The first-order valence-electron chi connectivity index (χ1n) is 6.11. The van der Waals surface area contributed by atoms with E-state index in [0.29, 0.717) is 4.47 Å². The monoisotopic (exact) mass is 377 g/mol. The molecule has 0 bridgehead atoms. The molecule has 0 fully saturated rings. The van der Waals surface area contributed by atoms with Crippen LogP contribution in [0.15, 0.2) is 46.9 Å². The Kier molecular flexibility index (Phi) is 6.74. The maximum Gasteiger partial charge on any atom is 0.132 e. The summed E-state index contributed by atoms with van der Waals surface area (Å²) in [5.41, 5.74) is 6.35. The van der Waals surface area contributed by atoms with Gasteiger partial charge in [-0.3, -0.25) is 0 Å². The molecule has 0 amide bonds. The number of aliphatic hydroxyl groups excluding tert-OH is 1. The Labute approximate surface area is 136 Å². The fourth-order valence-corrected chi connectivity index (χ4v) is 2.45. The summed E-state index contributed by atoms with van der Waals surface area (Å²) in [6.45, 7) is 0. The summed E-state index contributed by atoms with van der Waals surface area (Å²) < 4.78 is 27.9. The summed E-state index contributed by atoms with van der Waals surface area (Å²) >= 11 is 3.00. The van der Waals surface area contributed by atoms with Gasteiger partial charge in [0.15, 0.2) is 0 Å². The second-order valence-electron chi connectivity index (χ2n) is 4.57. The maximum atomic E-state index is 13.8. The van der Waals surface area contributed by atoms with Gasteiger partial charge in [-0.2, -0.15) is 0 Å². The van der Waals surface area contributed by atoms with Crippen LogP contribution in [0.4, 0.5) is 8.78 Å². The molecule has 21 heavy (non-hydrogen) atoms. The molecule has 0 saturated heterocycles. The van der Waals surface area contributed by atoms with Gasteiger partial charge in [0.1, 0.15) is 11.6 Å². The smallest absolute Gasteiger partial charge is 0.132 e. The van der Waals surface area contributed by atoms with E-state index in [-0.39, 0.29) is 24.4 Å². The summed E-state index contributed by atoms with van der Waals surface area (Å²) in [4.78, 5) is 0. The van der Waals surface area contributed by atoms with Crippen LogP contribution in [0.3, 0.4) is 0 Å². The second-order valence-corrected chi connectivity index (χ2v) is 5.48. The van der Waals surface area contributed by atoms with E-state index in [0.717, 1.165) is 17.7 Å². The summed E-state index contributed by atoms with van der Waals surface area (Å²) in [5, 5.41) is 10.1. The van der Waals surface area contributed by atoms with Crippen LogP contribution in [0.1, 0.15) is 17.2 Å². The van der Waals surface area contributed by atoms with E-state index in [1.165, 1.54) is 0 Å². The molecule has 0 unspecified atom stereocenters. The lowest BCUT2D eigenvalue weighted by Crippen LogP contribution is -2.29. The van der Waals surface area contributed by atoms with Gasteiger partial charge < -0.3 is 10.8 Å². The van der Waals surface area contributed by atoms with Crippen molar-refractivity contribution in [3.8, 4) is 0 Å². The first-order valence-corrected chi connectivity index (χ1v) is 6.90. The van der Waals surface area contributed by atoms with Crippen LogP contribution in [-0.4, -0.2) is 11.2 Å². The first kappa shape index (κ1) is 18.0. The van der Waals surface area contributed by atoms with Gasteiger partial charge in [0.2, 0.25) is 0 Å². The van der Waals surface area contributed by atoms with Crippen LogP contribution in [0, 0.1) is 11.6 Å². The van der Waals surface area contributed by atoms with Crippen LogP contribution < -0.4 is 5.73 Å². The summed E-state index contributed by atoms with van der Waals surface area (Å²) in [7, 11) is 0. The van der Waals surface area contributed by atoms with Crippen molar-refractivity contribution < 1.29 is 13.9 Å². The van der Waals surface area contributed by atoms with Crippen LogP contribution >= 0.6 is 28.3 Å². The number of hydrogen-bond acceptors (Lipinski definition) is 2. The Hall–Kier alpha value is -1.01. The zero-order chi connectivity index (χ0) is 14.7. The Morgan fingerprint density at radius 2 is 1.62 bits per heavy atom. The summed E-state index contributed by atoms with van der Waals surface area (Å²) in [6, 6.07) is 10.3. The van der Waals surface area contributed by atoms with E-state index in [1.54, 1.807) is 0 Å². The number of halogens is 4. The van der Waals surface area contributed by atoms with Crippen molar-refractivity contribution in [2.75, 3.05) is 0 Å². The third kappa shape index (κ3) is 4.48. The van der Waals surface area contributed by atoms with Gasteiger partial charge in [-0.25, -0.2) is 8.78 Å². The van der Waals surface area contributed by atoms with Crippen LogP contribution in [0.25, 0.3) is 0 Å². The van der Waals surface area contributed by atoms with Crippen molar-refractivity contribution >= 4 is 28.3 Å². The van der Waals surface area contributed by atoms with E-state index < -0.39 is 23.8 Å². The molecule has 0 saturated carbocycles. The summed E-state index contributed by atoms with van der Waals surface area (Å²) in [5.74, 6) is -1.53. The molecule has 0 heterocycles. The minimum atomic E-state index is -1.12. The molecule has 3 N–H and O–H groups in total. The first-order chi connectivity index (χ1) is 9.49. The Morgan fingerprint density at radius 1 is 1.10 bits per heavy atom. The van der Waals surface area contributed by atoms with Crippen molar-refractivity contribution in [1.29, 1.82) is 0 Å². The number of nitrogens with two attached hydrogens (primary N) is 1. The third-order valence-electron chi connectivity index (χ3n) is 3.08. The van der Waals surface area contributed by atoms with E-state index >= 15 is 0 Å². The molecule has 0 aliphatic carbocycles. The molecule has 2 rings (SSSR count). The van der Waals surface area contributed by atoms with Gasteiger partial charge in [-0.1, -0.05) is 46.3 Å². The van der Waals surface area contributed by atoms with E-state index in [2.05, 4.69) is 15.9 Å². The Bertz CT molecular complexity index is 574. The molecule has 2 aromatic rings. The zero-order valence-corrected chi connectivity index (χ0v) is 13.4. The van der Waals surface area contributed by atoms with E-state index in [9.17, 15) is 13.9 Å². The minimum absolute atomic E-state index is 0. The van der Waals surface area contributed by atoms with Crippen molar-refractivity contribution in [2.24, 2.45) is 5.73 Å². The number of aliphatic hydroxyl groups is 1. The quantitative estimate of drug-likeness (QED) is 0.851. The highest BCUT2D eigenvalue weighted by Gasteiger charge is 2.24. The Morgan fingerprint density at radius 3 is 2.14 bits per heavy atom. The van der Waals surface area contributed by atoms with Gasteiger partial charge in [0.05, 0.1) is 12.1 Å². The van der Waals surface area contributed by atoms with Crippen molar-refractivity contribution in [1.82, 2.24) is 0 Å². The highest BCUT2D eigenvalue weighted by atomic mass is 79.9. The zero-order valence-electron chi connectivity index (χ0n) is 11.0. The minimum Gasteiger partial charge on any atom is -0.391 e. The third-order valence-corrected chi connectivity index (χ3v) is 3.54. The standard InChI is InChI=1S/C15H14BrF2NO.ClH/c16-10-7-11(17)14(12(18)8-10)15(19)13(20)6-9-4-2-1-3-5-9;/h1-5,7-8,13,15,20H,6,19H2;1H/t13-,15-;/m0./s1. The SMILES string of the molecule is Cl.N[C@H](c1c(F)cc(Br)cc1F)[C@@H](O)Cc1ccccc1. The molecule has 2 nitrogen and oxygen atoms in total. The van der Waals surface area contributed by atoms with Crippen LogP contribution in [-0.2, 0) is 6.42 Å². The lowest BCUT2D eigenvalue weighted by Gasteiger charge is -2.20. The van der Waals surface area contributed by atoms with Gasteiger partial charge in [0.25, 0.3) is 0 Å². The van der Waals surface area contributed by atoms with Crippen molar-refractivity contribution in [3.05, 3.63) is 69.7 Å². The lowest BCUT2D eigenvalue weighted by molar-refractivity contribution is 0.141. The van der Waals surface area contributed by atoms with Gasteiger partial charge >= 0.3 is 0 Å². The highest BCUT2D eigenvalue weighted by molar-refractivity contribution is 9.10. The molecular formula is C15H15BrClF2NO. The van der Waals surface area contributed by atoms with Gasteiger partial charge in [0, 0.05) is 16.5 Å². The normalized spacial score (nSPS) is 13.4. The Balaban J connectivity index is 0.00000220. The molecule has 2 atom stereocenters. The molecule has 2 aromatic carbocycles. The average Bonchev–Trinajstić information content (AvgIpc) is 2.38. The molecule has 0 aliphatic heterocycles. The fraction of sp³-hybridized carbons (Fsp3) is 0.200. The average molecular weight is 379 g/mol. The largest absolute Gasteiger partial charge is 0.391 e. The van der Waals surface area contributed by atoms with E-state index in [1.807, 2.05) is 30.3 Å². The predicted octanol–water partition coefficient (Wildman–Crippen LogP) is 3.75.